The van der Waals surface area contributed by atoms with Crippen molar-refractivity contribution in [2.45, 2.75) is 19.8 Å². The van der Waals surface area contributed by atoms with E-state index in [1.54, 1.807) is 13.2 Å². The van der Waals surface area contributed by atoms with Gasteiger partial charge in [-0.2, -0.15) is 5.10 Å². The molecule has 132 valence electrons. The summed E-state index contributed by atoms with van der Waals surface area (Å²) in [6, 6.07) is 11.4. The molecule has 0 aromatic heterocycles. The van der Waals surface area contributed by atoms with Crippen LogP contribution in [0.3, 0.4) is 0 Å². The average Bonchev–Trinajstić information content (AvgIpc) is 2.63. The first-order chi connectivity index (χ1) is 12.1. The van der Waals surface area contributed by atoms with Gasteiger partial charge in [0.25, 0.3) is 5.91 Å². The molecule has 2 aromatic rings. The second kappa shape index (κ2) is 9.32. The van der Waals surface area contributed by atoms with Crippen molar-refractivity contribution in [1.29, 1.82) is 0 Å². The van der Waals surface area contributed by atoms with Crippen LogP contribution in [0.25, 0.3) is 0 Å². The summed E-state index contributed by atoms with van der Waals surface area (Å²) in [7, 11) is 1.58. The van der Waals surface area contributed by atoms with E-state index in [1.165, 1.54) is 30.5 Å². The maximum atomic E-state index is 11.9. The smallest absolute Gasteiger partial charge is 0.271 e. The van der Waals surface area contributed by atoms with Crippen LogP contribution < -0.4 is 14.9 Å². The number of amides is 1. The number of rotatable bonds is 8. The molecule has 6 nitrogen and oxygen atoms in total. The van der Waals surface area contributed by atoms with Gasteiger partial charge in [0.05, 0.1) is 19.9 Å². The zero-order valence-electron chi connectivity index (χ0n) is 14.4. The van der Waals surface area contributed by atoms with Gasteiger partial charge in [-0.15, -0.1) is 0 Å². The Kier molecular flexibility index (Phi) is 6.83. The molecule has 0 aliphatic carbocycles. The molecule has 0 spiro atoms. The summed E-state index contributed by atoms with van der Waals surface area (Å²) in [6.45, 7) is 2.75. The minimum Gasteiger partial charge on any atom is -0.508 e. The maximum absolute atomic E-state index is 11.9. The Morgan fingerprint density at radius 2 is 1.96 bits per heavy atom. The molecule has 0 heterocycles. The van der Waals surface area contributed by atoms with Crippen molar-refractivity contribution in [3.63, 3.8) is 0 Å². The zero-order chi connectivity index (χ0) is 18.1. The number of hydrogen-bond acceptors (Lipinski definition) is 5. The number of hydrazone groups is 1. The molecule has 0 unspecified atom stereocenters. The molecule has 25 heavy (non-hydrogen) atoms. The highest BCUT2D eigenvalue weighted by atomic mass is 16.5. The largest absolute Gasteiger partial charge is 0.508 e. The molecule has 2 rings (SSSR count). The van der Waals surface area contributed by atoms with E-state index in [9.17, 15) is 9.90 Å². The number of hydrogen-bond donors (Lipinski definition) is 2. The highest BCUT2D eigenvalue weighted by Crippen LogP contribution is 2.27. The molecule has 0 fully saturated rings. The predicted molar refractivity (Wildman–Crippen MR) is 96.6 cm³/mol. The molecule has 0 bridgehead atoms. The van der Waals surface area contributed by atoms with Crippen molar-refractivity contribution in [2.75, 3.05) is 13.7 Å². The van der Waals surface area contributed by atoms with E-state index in [0.29, 0.717) is 23.7 Å². The van der Waals surface area contributed by atoms with Crippen LogP contribution in [0.5, 0.6) is 17.2 Å². The fourth-order valence-electron chi connectivity index (χ4n) is 2.05. The fourth-order valence-corrected chi connectivity index (χ4v) is 2.05. The summed E-state index contributed by atoms with van der Waals surface area (Å²) in [5, 5.41) is 13.2. The monoisotopic (exact) mass is 342 g/mol. The number of aromatic hydroxyl groups is 1. The Morgan fingerprint density at radius 1 is 1.20 bits per heavy atom. The Bertz CT molecular complexity index is 727. The summed E-state index contributed by atoms with van der Waals surface area (Å²) in [4.78, 5) is 11.9. The lowest BCUT2D eigenvalue weighted by molar-refractivity contribution is 0.0955. The van der Waals surface area contributed by atoms with Gasteiger partial charge in [0, 0.05) is 5.56 Å². The molecule has 0 atom stereocenters. The molecule has 0 saturated carbocycles. The minimum absolute atomic E-state index is 0.105. The normalized spacial score (nSPS) is 10.6. The first kappa shape index (κ1) is 18.3. The van der Waals surface area contributed by atoms with Crippen molar-refractivity contribution >= 4 is 12.1 Å². The molecule has 0 saturated heterocycles. The van der Waals surface area contributed by atoms with E-state index in [0.717, 1.165) is 18.4 Å². The Hall–Kier alpha value is -3.02. The molecule has 0 aliphatic heterocycles. The van der Waals surface area contributed by atoms with Gasteiger partial charge < -0.3 is 14.6 Å². The van der Waals surface area contributed by atoms with Crippen LogP contribution in [0.4, 0.5) is 0 Å². The molecule has 0 radical (unpaired) electrons. The highest BCUT2D eigenvalue weighted by molar-refractivity contribution is 5.95. The number of carbonyl (C=O) groups is 1. The van der Waals surface area contributed by atoms with E-state index < -0.39 is 0 Å². The Morgan fingerprint density at radius 3 is 2.64 bits per heavy atom. The summed E-state index contributed by atoms with van der Waals surface area (Å²) in [6.07, 6.45) is 3.57. The maximum Gasteiger partial charge on any atom is 0.271 e. The van der Waals surface area contributed by atoms with Crippen molar-refractivity contribution in [2.24, 2.45) is 5.10 Å². The van der Waals surface area contributed by atoms with Crippen LogP contribution in [0.2, 0.25) is 0 Å². The second-order valence-electron chi connectivity index (χ2n) is 5.36. The molecule has 1 amide bonds. The minimum atomic E-state index is -0.359. The van der Waals surface area contributed by atoms with E-state index in [4.69, 9.17) is 9.47 Å². The van der Waals surface area contributed by atoms with E-state index >= 15 is 0 Å². The number of methoxy groups -OCH3 is 1. The lowest BCUT2D eigenvalue weighted by Crippen LogP contribution is -2.17. The summed E-state index contributed by atoms with van der Waals surface area (Å²) < 4.78 is 11.0. The number of ether oxygens (including phenoxy) is 2. The van der Waals surface area contributed by atoms with Crippen molar-refractivity contribution in [3.8, 4) is 17.2 Å². The third-order valence-corrected chi connectivity index (χ3v) is 3.45. The molecular weight excluding hydrogens is 320 g/mol. The lowest BCUT2D eigenvalue weighted by Gasteiger charge is -2.10. The highest BCUT2D eigenvalue weighted by Gasteiger charge is 2.06. The zero-order valence-corrected chi connectivity index (χ0v) is 14.4. The molecule has 2 aromatic carbocycles. The quantitative estimate of drug-likeness (QED) is 0.438. The number of nitrogens with zero attached hydrogens (tertiary/aromatic N) is 1. The lowest BCUT2D eigenvalue weighted by atomic mass is 10.2. The van der Waals surface area contributed by atoms with Crippen LogP contribution >= 0.6 is 0 Å². The van der Waals surface area contributed by atoms with Gasteiger partial charge in [0.2, 0.25) is 0 Å². The number of unbranched alkanes of at least 4 members (excludes halogenated alkanes) is 1. The number of carbonyl (C=O) groups excluding carboxylic acids is 1. The third kappa shape index (κ3) is 5.53. The third-order valence-electron chi connectivity index (χ3n) is 3.45. The molecule has 2 N–H and O–H groups in total. The Balaban J connectivity index is 1.98. The van der Waals surface area contributed by atoms with E-state index in [1.807, 2.05) is 12.1 Å². The number of phenols is 1. The summed E-state index contributed by atoms with van der Waals surface area (Å²) in [5.74, 6) is 1.04. The summed E-state index contributed by atoms with van der Waals surface area (Å²) >= 11 is 0. The van der Waals surface area contributed by atoms with Crippen molar-refractivity contribution in [1.82, 2.24) is 5.43 Å². The SMILES string of the molecule is CCCCOc1ccc(/C=N\NC(=O)c2ccc(O)cc2)cc1OC. The van der Waals surface area contributed by atoms with Crippen LogP contribution in [0, 0.1) is 0 Å². The van der Waals surface area contributed by atoms with Gasteiger partial charge in [-0.05, 0) is 54.4 Å². The first-order valence-corrected chi connectivity index (χ1v) is 8.07. The van der Waals surface area contributed by atoms with Crippen molar-refractivity contribution < 1.29 is 19.4 Å². The van der Waals surface area contributed by atoms with Gasteiger partial charge in [-0.1, -0.05) is 13.3 Å². The average molecular weight is 342 g/mol. The van der Waals surface area contributed by atoms with Gasteiger partial charge >= 0.3 is 0 Å². The predicted octanol–water partition coefficient (Wildman–Crippen LogP) is 3.34. The van der Waals surface area contributed by atoms with Gasteiger partial charge in [0.15, 0.2) is 11.5 Å². The van der Waals surface area contributed by atoms with E-state index in [-0.39, 0.29) is 11.7 Å². The van der Waals surface area contributed by atoms with Gasteiger partial charge in [-0.25, -0.2) is 5.43 Å². The second-order valence-corrected chi connectivity index (χ2v) is 5.36. The Labute approximate surface area is 147 Å². The number of phenolic OH excluding ortho intramolecular Hbond substituents is 1. The molecule has 6 heteroatoms. The number of benzene rings is 2. The van der Waals surface area contributed by atoms with Gasteiger partial charge in [-0.3, -0.25) is 4.79 Å². The van der Waals surface area contributed by atoms with Crippen LogP contribution in [0.15, 0.2) is 47.6 Å². The van der Waals surface area contributed by atoms with Crippen molar-refractivity contribution in [3.05, 3.63) is 53.6 Å². The van der Waals surface area contributed by atoms with Crippen LogP contribution in [-0.2, 0) is 0 Å². The molecule has 0 aliphatic rings. The first-order valence-electron chi connectivity index (χ1n) is 8.07. The van der Waals surface area contributed by atoms with Crippen LogP contribution in [0.1, 0.15) is 35.7 Å². The van der Waals surface area contributed by atoms with Gasteiger partial charge in [0.1, 0.15) is 5.75 Å². The topological polar surface area (TPSA) is 80.2 Å². The fraction of sp³-hybridized carbons (Fsp3) is 0.263. The van der Waals surface area contributed by atoms with Crippen LogP contribution in [-0.4, -0.2) is 30.9 Å². The number of nitrogens with one attached hydrogen (secondary N) is 1. The summed E-state index contributed by atoms with van der Waals surface area (Å²) in [5.41, 5.74) is 3.62. The standard InChI is InChI=1S/C19H22N2O4/c1-3-4-11-25-17-10-5-14(12-18(17)24-2)13-20-21-19(23)15-6-8-16(22)9-7-15/h5-10,12-13,22H,3-4,11H2,1-2H3,(H,21,23)/b20-13-. The van der Waals surface area contributed by atoms with E-state index in [2.05, 4.69) is 17.5 Å². The molecular formula is C19H22N2O4.